The summed E-state index contributed by atoms with van der Waals surface area (Å²) in [5, 5.41) is 1.36. The molecule has 0 aliphatic carbocycles. The van der Waals surface area contributed by atoms with Crippen molar-refractivity contribution in [3.63, 3.8) is 0 Å². The molecule has 0 spiro atoms. The zero-order chi connectivity index (χ0) is 14.7. The molecule has 20 heavy (non-hydrogen) atoms. The van der Waals surface area contributed by atoms with Gasteiger partial charge in [0.1, 0.15) is 4.90 Å². The Bertz CT molecular complexity index is 864. The number of fused-ring (bicyclic) bond motifs is 3. The van der Waals surface area contributed by atoms with E-state index >= 15 is 0 Å². The molecule has 0 fully saturated rings. The van der Waals surface area contributed by atoms with E-state index in [2.05, 4.69) is 18.8 Å². The summed E-state index contributed by atoms with van der Waals surface area (Å²) in [5.41, 5.74) is 2.63. The molecule has 2 aromatic carbocycles. The van der Waals surface area contributed by atoms with Crippen molar-refractivity contribution in [3.8, 4) is 0 Å². The SMILES string of the molecule is CC1=Nc2ccc3c(S(=O)(=O)O)cccc3c2C1(C)C. The molecule has 4 nitrogen and oxygen atoms in total. The van der Waals surface area contributed by atoms with Gasteiger partial charge in [0, 0.05) is 16.5 Å². The van der Waals surface area contributed by atoms with Gasteiger partial charge in [0.2, 0.25) is 0 Å². The molecule has 5 heteroatoms. The van der Waals surface area contributed by atoms with E-state index in [0.29, 0.717) is 5.39 Å². The fraction of sp³-hybridized carbons (Fsp3) is 0.267. The van der Waals surface area contributed by atoms with Crippen LogP contribution in [0.5, 0.6) is 0 Å². The second-order valence-corrected chi connectivity index (χ2v) is 7.00. The first-order chi connectivity index (χ1) is 9.23. The van der Waals surface area contributed by atoms with E-state index in [9.17, 15) is 13.0 Å². The normalized spacial score (nSPS) is 17.1. The van der Waals surface area contributed by atoms with Crippen LogP contribution in [0.4, 0.5) is 5.69 Å². The molecule has 0 radical (unpaired) electrons. The van der Waals surface area contributed by atoms with Crippen molar-refractivity contribution < 1.29 is 13.0 Å². The van der Waals surface area contributed by atoms with Gasteiger partial charge in [-0.05, 0) is 30.0 Å². The molecule has 1 N–H and O–H groups in total. The Morgan fingerprint density at radius 1 is 1.10 bits per heavy atom. The van der Waals surface area contributed by atoms with Crippen molar-refractivity contribution in [1.29, 1.82) is 0 Å². The zero-order valence-electron chi connectivity index (χ0n) is 11.5. The minimum Gasteiger partial charge on any atom is -0.282 e. The molecule has 104 valence electrons. The number of hydrogen-bond acceptors (Lipinski definition) is 3. The highest BCUT2D eigenvalue weighted by Gasteiger charge is 2.34. The highest BCUT2D eigenvalue weighted by Crippen LogP contribution is 2.44. The first kappa shape index (κ1) is 13.3. The minimum atomic E-state index is -4.24. The molecule has 1 aliphatic heterocycles. The van der Waals surface area contributed by atoms with Gasteiger partial charge in [0.05, 0.1) is 5.69 Å². The number of aliphatic imine (C=N–C) groups is 1. The van der Waals surface area contributed by atoms with Crippen LogP contribution in [0, 0.1) is 0 Å². The molecule has 0 saturated heterocycles. The quantitative estimate of drug-likeness (QED) is 0.817. The van der Waals surface area contributed by atoms with Crippen molar-refractivity contribution in [2.75, 3.05) is 0 Å². The Morgan fingerprint density at radius 3 is 2.45 bits per heavy atom. The molecule has 0 unspecified atom stereocenters. The third-order valence-electron chi connectivity index (χ3n) is 4.10. The second kappa shape index (κ2) is 3.90. The monoisotopic (exact) mass is 289 g/mol. The maximum atomic E-state index is 11.5. The van der Waals surface area contributed by atoms with Gasteiger partial charge in [-0.25, -0.2) is 0 Å². The van der Waals surface area contributed by atoms with E-state index in [4.69, 9.17) is 0 Å². The lowest BCUT2D eigenvalue weighted by Crippen LogP contribution is -2.23. The summed E-state index contributed by atoms with van der Waals surface area (Å²) < 4.78 is 32.4. The van der Waals surface area contributed by atoms with Crippen molar-refractivity contribution >= 4 is 32.3 Å². The van der Waals surface area contributed by atoms with Crippen molar-refractivity contribution in [2.45, 2.75) is 31.1 Å². The van der Waals surface area contributed by atoms with Gasteiger partial charge in [-0.2, -0.15) is 8.42 Å². The Kier molecular flexibility index (Phi) is 2.59. The van der Waals surface area contributed by atoms with Gasteiger partial charge in [-0.15, -0.1) is 0 Å². The predicted octanol–water partition coefficient (Wildman–Crippen LogP) is 3.47. The first-order valence-corrected chi connectivity index (χ1v) is 7.76. The van der Waals surface area contributed by atoms with Crippen molar-refractivity contribution in [3.05, 3.63) is 35.9 Å². The van der Waals surface area contributed by atoms with Gasteiger partial charge in [0.25, 0.3) is 10.1 Å². The van der Waals surface area contributed by atoms with Crippen LogP contribution in [0.15, 0.2) is 40.2 Å². The lowest BCUT2D eigenvalue weighted by atomic mass is 9.80. The van der Waals surface area contributed by atoms with Gasteiger partial charge in [-0.3, -0.25) is 9.55 Å². The molecule has 0 aromatic heterocycles. The smallest absolute Gasteiger partial charge is 0.282 e. The molecule has 2 aromatic rings. The summed E-state index contributed by atoms with van der Waals surface area (Å²) in [7, 11) is -4.24. The maximum absolute atomic E-state index is 11.5. The maximum Gasteiger partial charge on any atom is 0.295 e. The Balaban J connectivity index is 2.46. The summed E-state index contributed by atoms with van der Waals surface area (Å²) in [6.45, 7) is 6.10. The Labute approximate surface area is 117 Å². The summed E-state index contributed by atoms with van der Waals surface area (Å²) in [6.07, 6.45) is 0. The van der Waals surface area contributed by atoms with E-state index in [1.807, 2.05) is 19.1 Å². The number of benzene rings is 2. The summed E-state index contributed by atoms with van der Waals surface area (Å²) in [6, 6.07) is 8.45. The standard InChI is InChI=1S/C15H15NO3S/c1-9-15(2,3)14-11-5-4-6-13(20(17,18)19)10(11)7-8-12(14)16-9/h4-8H,1-3H3,(H,17,18,19). The van der Waals surface area contributed by atoms with E-state index in [0.717, 1.165) is 22.3 Å². The minimum absolute atomic E-state index is 0.0573. The molecule has 1 aliphatic rings. The van der Waals surface area contributed by atoms with E-state index < -0.39 is 10.1 Å². The summed E-state index contributed by atoms with van der Waals surface area (Å²) >= 11 is 0. The molecule has 0 bridgehead atoms. The van der Waals surface area contributed by atoms with Crippen LogP contribution in [0.1, 0.15) is 26.3 Å². The molecule has 0 amide bonds. The molecule has 1 heterocycles. The Hall–Kier alpha value is -1.72. The molecule has 3 rings (SSSR count). The average molecular weight is 289 g/mol. The lowest BCUT2D eigenvalue weighted by molar-refractivity contribution is 0.484. The van der Waals surface area contributed by atoms with Crippen LogP contribution in [0.25, 0.3) is 10.8 Å². The molecule has 0 saturated carbocycles. The topological polar surface area (TPSA) is 66.7 Å². The fourth-order valence-corrected chi connectivity index (χ4v) is 3.50. The van der Waals surface area contributed by atoms with Gasteiger partial charge in [0.15, 0.2) is 0 Å². The van der Waals surface area contributed by atoms with Gasteiger partial charge in [-0.1, -0.05) is 32.0 Å². The molecular formula is C15H15NO3S. The average Bonchev–Trinajstić information content (AvgIpc) is 2.58. The second-order valence-electron chi connectivity index (χ2n) is 5.61. The summed E-state index contributed by atoms with van der Waals surface area (Å²) in [5.74, 6) is 0. The van der Waals surface area contributed by atoms with Crippen LogP contribution in [-0.4, -0.2) is 18.7 Å². The number of rotatable bonds is 1. The van der Waals surface area contributed by atoms with Crippen LogP contribution in [-0.2, 0) is 15.5 Å². The van der Waals surface area contributed by atoms with Gasteiger partial charge >= 0.3 is 0 Å². The fourth-order valence-electron chi connectivity index (χ4n) is 2.79. The van der Waals surface area contributed by atoms with E-state index in [1.165, 1.54) is 6.07 Å². The zero-order valence-corrected chi connectivity index (χ0v) is 12.3. The van der Waals surface area contributed by atoms with E-state index in [-0.39, 0.29) is 10.3 Å². The molecular weight excluding hydrogens is 274 g/mol. The van der Waals surface area contributed by atoms with Crippen LogP contribution < -0.4 is 0 Å². The lowest BCUT2D eigenvalue weighted by Gasteiger charge is -2.22. The highest BCUT2D eigenvalue weighted by atomic mass is 32.2. The number of hydrogen-bond donors (Lipinski definition) is 1. The van der Waals surface area contributed by atoms with Gasteiger partial charge < -0.3 is 0 Å². The van der Waals surface area contributed by atoms with Crippen LogP contribution in [0.2, 0.25) is 0 Å². The van der Waals surface area contributed by atoms with Crippen LogP contribution >= 0.6 is 0 Å². The highest BCUT2D eigenvalue weighted by molar-refractivity contribution is 7.86. The largest absolute Gasteiger partial charge is 0.295 e. The Morgan fingerprint density at radius 2 is 1.80 bits per heavy atom. The predicted molar refractivity (Wildman–Crippen MR) is 79.6 cm³/mol. The third kappa shape index (κ3) is 1.70. The van der Waals surface area contributed by atoms with Crippen LogP contribution in [0.3, 0.4) is 0 Å². The van der Waals surface area contributed by atoms with E-state index in [1.54, 1.807) is 12.1 Å². The van der Waals surface area contributed by atoms with Crippen molar-refractivity contribution in [2.24, 2.45) is 4.99 Å². The first-order valence-electron chi connectivity index (χ1n) is 6.32. The number of nitrogens with zero attached hydrogens (tertiary/aromatic N) is 1. The summed E-state index contributed by atoms with van der Waals surface area (Å²) in [4.78, 5) is 4.49. The third-order valence-corrected chi connectivity index (χ3v) is 5.01. The molecule has 0 atom stereocenters. The van der Waals surface area contributed by atoms with Crippen molar-refractivity contribution in [1.82, 2.24) is 0 Å².